The van der Waals surface area contributed by atoms with E-state index >= 15 is 0 Å². The van der Waals surface area contributed by atoms with Crippen molar-refractivity contribution in [2.24, 2.45) is 0 Å². The molecule has 2 N–H and O–H groups in total. The van der Waals surface area contributed by atoms with Gasteiger partial charge < -0.3 is 10.6 Å². The van der Waals surface area contributed by atoms with Crippen molar-refractivity contribution in [3.05, 3.63) is 63.6 Å². The maximum absolute atomic E-state index is 12.3. The molecule has 0 heterocycles. The van der Waals surface area contributed by atoms with E-state index in [-0.39, 0.29) is 5.91 Å². The maximum Gasteiger partial charge on any atom is 0.254 e. The lowest BCUT2D eigenvalue weighted by atomic mass is 10.1. The molecule has 0 saturated heterocycles. The Morgan fingerprint density at radius 3 is 2.55 bits per heavy atom. The Hall–Kier alpha value is -1.71. The third-order valence-electron chi connectivity index (χ3n) is 2.82. The van der Waals surface area contributed by atoms with Gasteiger partial charge in [-0.2, -0.15) is 0 Å². The van der Waals surface area contributed by atoms with Crippen molar-refractivity contribution >= 4 is 34.8 Å². The zero-order valence-electron chi connectivity index (χ0n) is 10.9. The van der Waals surface area contributed by atoms with Crippen LogP contribution < -0.4 is 5.73 Å². The molecule has 0 aliphatic rings. The summed E-state index contributed by atoms with van der Waals surface area (Å²) in [5, 5.41) is 1.10. The predicted octanol–water partition coefficient (Wildman–Crippen LogP) is 3.85. The van der Waals surface area contributed by atoms with Crippen LogP contribution in [0.5, 0.6) is 0 Å². The summed E-state index contributed by atoms with van der Waals surface area (Å²) in [6.07, 6.45) is 0. The second kappa shape index (κ2) is 6.16. The first-order valence-corrected chi connectivity index (χ1v) is 6.77. The molecule has 2 rings (SSSR count). The Balaban J connectivity index is 2.16. The van der Waals surface area contributed by atoms with Gasteiger partial charge >= 0.3 is 0 Å². The highest BCUT2D eigenvalue weighted by atomic mass is 35.5. The fourth-order valence-corrected chi connectivity index (χ4v) is 2.39. The first-order valence-electron chi connectivity index (χ1n) is 6.01. The molecule has 104 valence electrons. The summed E-state index contributed by atoms with van der Waals surface area (Å²) < 4.78 is 0. The molecule has 0 aliphatic heterocycles. The van der Waals surface area contributed by atoms with E-state index in [1.807, 2.05) is 18.2 Å². The number of hydrogen-bond donors (Lipinski definition) is 1. The van der Waals surface area contributed by atoms with Crippen molar-refractivity contribution in [1.82, 2.24) is 4.90 Å². The summed E-state index contributed by atoms with van der Waals surface area (Å²) in [4.78, 5) is 13.9. The number of hydrogen-bond acceptors (Lipinski definition) is 2. The van der Waals surface area contributed by atoms with E-state index in [0.29, 0.717) is 27.8 Å². The van der Waals surface area contributed by atoms with Crippen LogP contribution in [-0.4, -0.2) is 17.9 Å². The standard InChI is InChI=1S/C15H14Cl2N2O/c1-19(9-10-3-2-4-12(16)5-10)15(20)11-6-13(17)8-14(18)7-11/h2-8H,9,18H2,1H3. The van der Waals surface area contributed by atoms with E-state index in [0.717, 1.165) is 5.56 Å². The fraction of sp³-hybridized carbons (Fsp3) is 0.133. The second-order valence-corrected chi connectivity index (χ2v) is 5.44. The number of benzene rings is 2. The highest BCUT2D eigenvalue weighted by Gasteiger charge is 2.13. The van der Waals surface area contributed by atoms with Crippen LogP contribution in [0.4, 0.5) is 5.69 Å². The molecule has 20 heavy (non-hydrogen) atoms. The molecule has 0 aliphatic carbocycles. The highest BCUT2D eigenvalue weighted by Crippen LogP contribution is 2.19. The molecule has 0 atom stereocenters. The third kappa shape index (κ3) is 3.65. The number of amides is 1. The molecule has 0 spiro atoms. The van der Waals surface area contributed by atoms with E-state index in [4.69, 9.17) is 28.9 Å². The number of nitrogens with two attached hydrogens (primary N) is 1. The number of halogens is 2. The molecule has 0 bridgehead atoms. The monoisotopic (exact) mass is 308 g/mol. The summed E-state index contributed by atoms with van der Waals surface area (Å²) in [6, 6.07) is 12.2. The van der Waals surface area contributed by atoms with Crippen molar-refractivity contribution in [2.75, 3.05) is 12.8 Å². The van der Waals surface area contributed by atoms with Crippen LogP contribution in [0.15, 0.2) is 42.5 Å². The molecular formula is C15H14Cl2N2O. The van der Waals surface area contributed by atoms with Gasteiger partial charge in [0.2, 0.25) is 0 Å². The van der Waals surface area contributed by atoms with Gasteiger partial charge in [0.05, 0.1) is 0 Å². The van der Waals surface area contributed by atoms with Crippen LogP contribution in [0.3, 0.4) is 0 Å². The van der Waals surface area contributed by atoms with Gasteiger partial charge in [0.15, 0.2) is 0 Å². The molecule has 5 heteroatoms. The molecule has 2 aromatic rings. The van der Waals surface area contributed by atoms with E-state index in [1.54, 1.807) is 36.2 Å². The van der Waals surface area contributed by atoms with E-state index in [1.165, 1.54) is 0 Å². The van der Waals surface area contributed by atoms with Crippen LogP contribution in [0.1, 0.15) is 15.9 Å². The SMILES string of the molecule is CN(Cc1cccc(Cl)c1)C(=O)c1cc(N)cc(Cl)c1. The number of carbonyl (C=O) groups excluding carboxylic acids is 1. The van der Waals surface area contributed by atoms with Crippen molar-refractivity contribution in [2.45, 2.75) is 6.54 Å². The minimum atomic E-state index is -0.140. The number of nitrogen functional groups attached to an aromatic ring is 1. The van der Waals surface area contributed by atoms with Crippen LogP contribution in [0, 0.1) is 0 Å². The van der Waals surface area contributed by atoms with Gasteiger partial charge in [0, 0.05) is 34.9 Å². The lowest BCUT2D eigenvalue weighted by molar-refractivity contribution is 0.0785. The van der Waals surface area contributed by atoms with Crippen LogP contribution in [0.2, 0.25) is 10.0 Å². The van der Waals surface area contributed by atoms with Gasteiger partial charge in [-0.25, -0.2) is 0 Å². The Kier molecular flexibility index (Phi) is 4.53. The number of nitrogens with zero attached hydrogens (tertiary/aromatic N) is 1. The van der Waals surface area contributed by atoms with Gasteiger partial charge in [-0.1, -0.05) is 35.3 Å². The lowest BCUT2D eigenvalue weighted by Crippen LogP contribution is -2.26. The average molecular weight is 309 g/mol. The van der Waals surface area contributed by atoms with E-state index in [2.05, 4.69) is 0 Å². The van der Waals surface area contributed by atoms with Crippen molar-refractivity contribution < 1.29 is 4.79 Å². The van der Waals surface area contributed by atoms with Gasteiger partial charge in [-0.3, -0.25) is 4.79 Å². The molecule has 0 fully saturated rings. The summed E-state index contributed by atoms with van der Waals surface area (Å²) >= 11 is 11.8. The molecule has 0 radical (unpaired) electrons. The minimum Gasteiger partial charge on any atom is -0.399 e. The lowest BCUT2D eigenvalue weighted by Gasteiger charge is -2.18. The first-order chi connectivity index (χ1) is 9.45. The number of rotatable bonds is 3. The topological polar surface area (TPSA) is 46.3 Å². The van der Waals surface area contributed by atoms with Gasteiger partial charge in [-0.05, 0) is 35.9 Å². The summed E-state index contributed by atoms with van der Waals surface area (Å²) in [6.45, 7) is 0.464. The highest BCUT2D eigenvalue weighted by molar-refractivity contribution is 6.31. The van der Waals surface area contributed by atoms with E-state index < -0.39 is 0 Å². The van der Waals surface area contributed by atoms with Gasteiger partial charge in [-0.15, -0.1) is 0 Å². The Bertz CT molecular complexity index is 623. The predicted molar refractivity (Wildman–Crippen MR) is 83.1 cm³/mol. The normalized spacial score (nSPS) is 10.3. The molecule has 0 unspecified atom stereocenters. The number of carbonyl (C=O) groups is 1. The molecule has 0 saturated carbocycles. The largest absolute Gasteiger partial charge is 0.399 e. The summed E-state index contributed by atoms with van der Waals surface area (Å²) in [7, 11) is 1.72. The first kappa shape index (κ1) is 14.7. The molecule has 0 aromatic heterocycles. The van der Waals surface area contributed by atoms with Gasteiger partial charge in [0.25, 0.3) is 5.91 Å². The smallest absolute Gasteiger partial charge is 0.254 e. The van der Waals surface area contributed by atoms with Gasteiger partial charge in [0.1, 0.15) is 0 Å². The Morgan fingerprint density at radius 2 is 1.90 bits per heavy atom. The Morgan fingerprint density at radius 1 is 1.15 bits per heavy atom. The summed E-state index contributed by atoms with van der Waals surface area (Å²) in [5.41, 5.74) is 7.60. The second-order valence-electron chi connectivity index (χ2n) is 4.56. The zero-order valence-corrected chi connectivity index (χ0v) is 12.4. The average Bonchev–Trinajstić information content (AvgIpc) is 2.36. The van der Waals surface area contributed by atoms with E-state index in [9.17, 15) is 4.79 Å². The quantitative estimate of drug-likeness (QED) is 0.875. The summed E-state index contributed by atoms with van der Waals surface area (Å²) in [5.74, 6) is -0.140. The minimum absolute atomic E-state index is 0.140. The maximum atomic E-state index is 12.3. The Labute approximate surface area is 127 Å². The number of anilines is 1. The van der Waals surface area contributed by atoms with Crippen molar-refractivity contribution in [3.63, 3.8) is 0 Å². The van der Waals surface area contributed by atoms with Crippen molar-refractivity contribution in [3.8, 4) is 0 Å². The molecule has 2 aromatic carbocycles. The van der Waals surface area contributed by atoms with Crippen LogP contribution in [-0.2, 0) is 6.54 Å². The van der Waals surface area contributed by atoms with Crippen LogP contribution >= 0.6 is 23.2 Å². The van der Waals surface area contributed by atoms with Crippen molar-refractivity contribution in [1.29, 1.82) is 0 Å². The van der Waals surface area contributed by atoms with Crippen LogP contribution in [0.25, 0.3) is 0 Å². The molecule has 1 amide bonds. The molecule has 3 nitrogen and oxygen atoms in total. The zero-order chi connectivity index (χ0) is 14.7. The fourth-order valence-electron chi connectivity index (χ4n) is 1.94. The molecular weight excluding hydrogens is 295 g/mol. The third-order valence-corrected chi connectivity index (χ3v) is 3.28.